The third-order valence-corrected chi connectivity index (χ3v) is 2.82. The molecule has 1 atom stereocenters. The van der Waals surface area contributed by atoms with Crippen LogP contribution in [-0.2, 0) is 6.18 Å². The maximum absolute atomic E-state index is 12.6. The van der Waals surface area contributed by atoms with Gasteiger partial charge in [0.1, 0.15) is 11.5 Å². The third kappa shape index (κ3) is 4.70. The van der Waals surface area contributed by atoms with E-state index >= 15 is 0 Å². The van der Waals surface area contributed by atoms with Crippen LogP contribution < -0.4 is 5.32 Å². The van der Waals surface area contributed by atoms with Gasteiger partial charge in [-0.15, -0.1) is 0 Å². The van der Waals surface area contributed by atoms with Gasteiger partial charge >= 0.3 is 6.18 Å². The van der Waals surface area contributed by atoms with Crippen LogP contribution in [-0.4, -0.2) is 22.7 Å². The van der Waals surface area contributed by atoms with Gasteiger partial charge in [-0.25, -0.2) is 4.98 Å². The van der Waals surface area contributed by atoms with Crippen molar-refractivity contribution in [3.8, 4) is 0 Å². The van der Waals surface area contributed by atoms with Gasteiger partial charge in [-0.3, -0.25) is 0 Å². The van der Waals surface area contributed by atoms with Crippen LogP contribution in [0.2, 0.25) is 0 Å². The first kappa shape index (κ1) is 15.8. The number of hydrogen-bond acceptors (Lipinski definition) is 3. The summed E-state index contributed by atoms with van der Waals surface area (Å²) >= 11 is 0. The van der Waals surface area contributed by atoms with Crippen molar-refractivity contribution < 1.29 is 18.3 Å². The van der Waals surface area contributed by atoms with Gasteiger partial charge < -0.3 is 10.4 Å². The molecule has 3 nitrogen and oxygen atoms in total. The monoisotopic (exact) mass is 276 g/mol. The maximum atomic E-state index is 12.6. The van der Waals surface area contributed by atoms with E-state index in [0.29, 0.717) is 6.42 Å². The highest BCUT2D eigenvalue weighted by atomic mass is 19.4. The molecule has 0 spiro atoms. The molecule has 1 aromatic rings. The Balaban J connectivity index is 2.91. The van der Waals surface area contributed by atoms with Crippen molar-refractivity contribution in [2.24, 2.45) is 5.41 Å². The predicted molar refractivity (Wildman–Crippen MR) is 67.8 cm³/mol. The van der Waals surface area contributed by atoms with Crippen molar-refractivity contribution in [2.75, 3.05) is 11.9 Å². The van der Waals surface area contributed by atoms with Gasteiger partial charge in [-0.2, -0.15) is 13.2 Å². The molecule has 0 bridgehead atoms. The summed E-state index contributed by atoms with van der Waals surface area (Å²) in [5, 5.41) is 12.0. The molecule has 0 amide bonds. The summed E-state index contributed by atoms with van der Waals surface area (Å²) in [5.74, 6) is 0.170. The Kier molecular flexibility index (Phi) is 4.79. The summed E-state index contributed by atoms with van der Waals surface area (Å²) in [6.07, 6.45) is -4.01. The minimum absolute atomic E-state index is 0.0338. The zero-order valence-corrected chi connectivity index (χ0v) is 11.3. The van der Waals surface area contributed by atoms with Crippen LogP contribution in [0.3, 0.4) is 0 Å². The molecule has 0 aliphatic heterocycles. The van der Waals surface area contributed by atoms with E-state index in [4.69, 9.17) is 5.11 Å². The van der Waals surface area contributed by atoms with Crippen LogP contribution in [0, 0.1) is 5.41 Å². The maximum Gasteiger partial charge on any atom is 0.433 e. The average Bonchev–Trinajstić information content (AvgIpc) is 2.26. The first-order valence-corrected chi connectivity index (χ1v) is 6.06. The topological polar surface area (TPSA) is 45.1 Å². The summed E-state index contributed by atoms with van der Waals surface area (Å²) in [4.78, 5) is 3.56. The fraction of sp³-hybridized carbons (Fsp3) is 0.615. The van der Waals surface area contributed by atoms with Crippen molar-refractivity contribution in [3.05, 3.63) is 23.9 Å². The van der Waals surface area contributed by atoms with E-state index in [1.165, 1.54) is 12.1 Å². The van der Waals surface area contributed by atoms with Crippen LogP contribution >= 0.6 is 0 Å². The number of hydrogen-bond donors (Lipinski definition) is 2. The first-order chi connectivity index (χ1) is 8.64. The fourth-order valence-electron chi connectivity index (χ4n) is 1.70. The van der Waals surface area contributed by atoms with Crippen molar-refractivity contribution in [3.63, 3.8) is 0 Å². The fourth-order valence-corrected chi connectivity index (χ4v) is 1.70. The summed E-state index contributed by atoms with van der Waals surface area (Å²) in [6, 6.07) is 3.58. The predicted octanol–water partition coefficient (Wildman–Crippen LogP) is 3.31. The van der Waals surface area contributed by atoms with Crippen LogP contribution in [0.1, 0.15) is 32.9 Å². The number of aliphatic hydroxyl groups excluding tert-OH is 1. The molecule has 0 saturated carbocycles. The molecule has 2 N–H and O–H groups in total. The number of alkyl halides is 3. The molecule has 1 rings (SSSR count). The number of aromatic nitrogens is 1. The number of halogens is 3. The highest BCUT2D eigenvalue weighted by Gasteiger charge is 2.33. The summed E-state index contributed by atoms with van der Waals surface area (Å²) in [6.45, 7) is 5.82. The molecule has 1 aromatic heterocycles. The highest BCUT2D eigenvalue weighted by molar-refractivity contribution is 5.37. The standard InChI is InChI=1S/C13H19F3N2O/c1-12(2,3)9(7-8-19)17-11-6-4-5-10(18-11)13(14,15)16/h4-6,9,19H,7-8H2,1-3H3,(H,17,18). The minimum atomic E-state index is -4.45. The number of anilines is 1. The molecule has 6 heteroatoms. The molecule has 19 heavy (non-hydrogen) atoms. The zero-order chi connectivity index (χ0) is 14.7. The Morgan fingerprint density at radius 2 is 1.89 bits per heavy atom. The average molecular weight is 276 g/mol. The lowest BCUT2D eigenvalue weighted by molar-refractivity contribution is -0.141. The molecule has 0 radical (unpaired) electrons. The molecule has 0 aliphatic rings. The lowest BCUT2D eigenvalue weighted by atomic mass is 9.85. The van der Waals surface area contributed by atoms with Crippen molar-refractivity contribution in [1.82, 2.24) is 4.98 Å². The minimum Gasteiger partial charge on any atom is -0.396 e. The van der Waals surface area contributed by atoms with E-state index in [0.717, 1.165) is 6.07 Å². The molecule has 0 aromatic carbocycles. The van der Waals surface area contributed by atoms with E-state index < -0.39 is 11.9 Å². The largest absolute Gasteiger partial charge is 0.433 e. The Labute approximate surface area is 110 Å². The Hall–Kier alpha value is -1.30. The number of nitrogens with zero attached hydrogens (tertiary/aromatic N) is 1. The quantitative estimate of drug-likeness (QED) is 0.886. The molecule has 0 saturated heterocycles. The van der Waals surface area contributed by atoms with Gasteiger partial charge in [0.15, 0.2) is 0 Å². The normalized spacial score (nSPS) is 14.3. The Bertz CT molecular complexity index is 413. The number of rotatable bonds is 4. The lowest BCUT2D eigenvalue weighted by Crippen LogP contribution is -2.35. The first-order valence-electron chi connectivity index (χ1n) is 6.06. The van der Waals surface area contributed by atoms with Gasteiger partial charge in [-0.1, -0.05) is 26.8 Å². The van der Waals surface area contributed by atoms with E-state index in [2.05, 4.69) is 10.3 Å². The second kappa shape index (κ2) is 5.77. The van der Waals surface area contributed by atoms with Gasteiger partial charge in [0.2, 0.25) is 0 Å². The smallest absolute Gasteiger partial charge is 0.396 e. The Morgan fingerprint density at radius 3 is 2.37 bits per heavy atom. The van der Waals surface area contributed by atoms with Crippen LogP contribution in [0.4, 0.5) is 19.0 Å². The Morgan fingerprint density at radius 1 is 1.26 bits per heavy atom. The third-order valence-electron chi connectivity index (χ3n) is 2.82. The van der Waals surface area contributed by atoms with E-state index in [-0.39, 0.29) is 23.9 Å². The second-order valence-electron chi connectivity index (χ2n) is 5.48. The van der Waals surface area contributed by atoms with Crippen LogP contribution in [0.15, 0.2) is 18.2 Å². The molecular formula is C13H19F3N2O. The molecule has 108 valence electrons. The van der Waals surface area contributed by atoms with Crippen molar-refractivity contribution in [1.29, 1.82) is 0 Å². The number of aliphatic hydroxyl groups is 1. The van der Waals surface area contributed by atoms with Crippen molar-refractivity contribution in [2.45, 2.75) is 39.4 Å². The lowest BCUT2D eigenvalue weighted by Gasteiger charge is -2.31. The summed E-state index contributed by atoms with van der Waals surface area (Å²) in [5.41, 5.74) is -1.12. The molecule has 1 heterocycles. The van der Waals surface area contributed by atoms with E-state index in [1.807, 2.05) is 20.8 Å². The zero-order valence-electron chi connectivity index (χ0n) is 11.3. The van der Waals surface area contributed by atoms with Gasteiger partial charge in [0.05, 0.1) is 0 Å². The van der Waals surface area contributed by atoms with E-state index in [1.54, 1.807) is 0 Å². The van der Waals surface area contributed by atoms with Crippen LogP contribution in [0.25, 0.3) is 0 Å². The van der Waals surface area contributed by atoms with Gasteiger partial charge in [-0.05, 0) is 24.0 Å². The van der Waals surface area contributed by atoms with E-state index in [9.17, 15) is 13.2 Å². The molecule has 0 fully saturated rings. The molecule has 0 aliphatic carbocycles. The summed E-state index contributed by atoms with van der Waals surface area (Å²) in [7, 11) is 0. The van der Waals surface area contributed by atoms with Crippen LogP contribution in [0.5, 0.6) is 0 Å². The van der Waals surface area contributed by atoms with Gasteiger partial charge in [0, 0.05) is 12.6 Å². The highest BCUT2D eigenvalue weighted by Crippen LogP contribution is 2.29. The second-order valence-corrected chi connectivity index (χ2v) is 5.48. The SMILES string of the molecule is CC(C)(C)C(CCO)Nc1cccc(C(F)(F)F)n1. The van der Waals surface area contributed by atoms with Gasteiger partial charge in [0.25, 0.3) is 0 Å². The number of pyridine rings is 1. The number of nitrogens with one attached hydrogen (secondary N) is 1. The molecular weight excluding hydrogens is 257 g/mol. The molecule has 1 unspecified atom stereocenters. The van der Waals surface area contributed by atoms with Crippen molar-refractivity contribution >= 4 is 5.82 Å². The summed E-state index contributed by atoms with van der Waals surface area (Å²) < 4.78 is 37.7.